The standard InChI is InChI=1S/C26H27ClFN3O2/c1-18(2)16-30(26(33)19-7-5-8-20(28)15-19)17-24(32)31-14-13-29-12-6-11-23(29)25(31)21-9-3-4-10-22(21)27/h3-12,15,18,25H,13-14,16-17H2,1-2H3/t25-/m1/s1. The first-order valence-corrected chi connectivity index (χ1v) is 11.5. The van der Waals surface area contributed by atoms with Crippen LogP contribution in [0, 0.1) is 11.7 Å². The van der Waals surface area contributed by atoms with Crippen LogP contribution in [0.3, 0.4) is 0 Å². The number of carbonyl (C=O) groups excluding carboxylic acids is 2. The lowest BCUT2D eigenvalue weighted by Crippen LogP contribution is -2.48. The van der Waals surface area contributed by atoms with E-state index in [1.54, 1.807) is 11.0 Å². The Morgan fingerprint density at radius 3 is 2.61 bits per heavy atom. The summed E-state index contributed by atoms with van der Waals surface area (Å²) in [4.78, 5) is 30.1. The average Bonchev–Trinajstić information content (AvgIpc) is 3.26. The number of aromatic nitrogens is 1. The van der Waals surface area contributed by atoms with Gasteiger partial charge in [0.2, 0.25) is 5.91 Å². The summed E-state index contributed by atoms with van der Waals surface area (Å²) in [7, 11) is 0. The van der Waals surface area contributed by atoms with Crippen LogP contribution >= 0.6 is 11.6 Å². The molecule has 0 radical (unpaired) electrons. The summed E-state index contributed by atoms with van der Waals surface area (Å²) in [5, 5.41) is 0.588. The van der Waals surface area contributed by atoms with Crippen LogP contribution in [-0.2, 0) is 11.3 Å². The largest absolute Gasteiger partial charge is 0.348 e. The molecule has 0 N–H and O–H groups in total. The van der Waals surface area contributed by atoms with E-state index in [1.165, 1.54) is 23.1 Å². The average molecular weight is 468 g/mol. The second-order valence-electron chi connectivity index (χ2n) is 8.73. The Morgan fingerprint density at radius 2 is 1.88 bits per heavy atom. The number of rotatable bonds is 6. The van der Waals surface area contributed by atoms with Gasteiger partial charge in [0.1, 0.15) is 12.4 Å². The van der Waals surface area contributed by atoms with Gasteiger partial charge in [0, 0.05) is 42.1 Å². The highest BCUT2D eigenvalue weighted by atomic mass is 35.5. The number of hydrogen-bond donors (Lipinski definition) is 0. The van der Waals surface area contributed by atoms with Crippen molar-refractivity contribution < 1.29 is 14.0 Å². The van der Waals surface area contributed by atoms with Crippen molar-refractivity contribution in [3.05, 3.63) is 94.5 Å². The van der Waals surface area contributed by atoms with E-state index in [4.69, 9.17) is 11.6 Å². The van der Waals surface area contributed by atoms with Crippen molar-refractivity contribution in [3.8, 4) is 0 Å². The molecule has 2 heterocycles. The maximum absolute atomic E-state index is 13.7. The second-order valence-corrected chi connectivity index (χ2v) is 9.13. The van der Waals surface area contributed by atoms with Gasteiger partial charge in [0.05, 0.1) is 6.04 Å². The monoisotopic (exact) mass is 467 g/mol. The molecule has 1 atom stereocenters. The summed E-state index contributed by atoms with van der Waals surface area (Å²) in [6.07, 6.45) is 2.00. The molecule has 1 aromatic heterocycles. The van der Waals surface area contributed by atoms with E-state index in [2.05, 4.69) is 4.57 Å². The first-order valence-electron chi connectivity index (χ1n) is 11.1. The zero-order valence-electron chi connectivity index (χ0n) is 18.7. The van der Waals surface area contributed by atoms with Crippen LogP contribution in [0.5, 0.6) is 0 Å². The van der Waals surface area contributed by atoms with Crippen LogP contribution in [0.4, 0.5) is 4.39 Å². The van der Waals surface area contributed by atoms with Crippen molar-refractivity contribution in [3.63, 3.8) is 0 Å². The van der Waals surface area contributed by atoms with Crippen molar-refractivity contribution in [2.45, 2.75) is 26.4 Å². The van der Waals surface area contributed by atoms with Crippen LogP contribution in [0.25, 0.3) is 0 Å². The molecule has 4 rings (SSSR count). The number of amides is 2. The van der Waals surface area contributed by atoms with Gasteiger partial charge in [-0.3, -0.25) is 9.59 Å². The van der Waals surface area contributed by atoms with E-state index in [9.17, 15) is 14.0 Å². The Bertz CT molecular complexity index is 1160. The Balaban J connectivity index is 1.64. The van der Waals surface area contributed by atoms with Crippen LogP contribution < -0.4 is 0 Å². The Kier molecular flexibility index (Phi) is 6.84. The molecule has 0 aliphatic carbocycles. The maximum atomic E-state index is 13.7. The molecular formula is C26H27ClFN3O2. The lowest BCUT2D eigenvalue weighted by Gasteiger charge is -2.39. The summed E-state index contributed by atoms with van der Waals surface area (Å²) >= 11 is 6.53. The SMILES string of the molecule is CC(C)CN(CC(=O)N1CCn2cccc2[C@H]1c1ccccc1Cl)C(=O)c1cccc(F)c1. The smallest absolute Gasteiger partial charge is 0.254 e. The molecule has 2 aromatic carbocycles. The molecule has 0 saturated heterocycles. The van der Waals surface area contributed by atoms with Gasteiger partial charge in [-0.25, -0.2) is 4.39 Å². The van der Waals surface area contributed by atoms with Crippen LogP contribution in [0.15, 0.2) is 66.9 Å². The molecule has 172 valence electrons. The van der Waals surface area contributed by atoms with Crippen molar-refractivity contribution in [2.75, 3.05) is 19.6 Å². The van der Waals surface area contributed by atoms with Gasteiger partial charge < -0.3 is 14.4 Å². The van der Waals surface area contributed by atoms with Gasteiger partial charge in [-0.15, -0.1) is 0 Å². The minimum Gasteiger partial charge on any atom is -0.348 e. The minimum absolute atomic E-state index is 0.0881. The Morgan fingerprint density at radius 1 is 1.09 bits per heavy atom. The zero-order valence-corrected chi connectivity index (χ0v) is 19.5. The molecule has 0 spiro atoms. The molecule has 0 unspecified atom stereocenters. The van der Waals surface area contributed by atoms with E-state index in [-0.39, 0.29) is 35.9 Å². The van der Waals surface area contributed by atoms with Crippen LogP contribution in [0.2, 0.25) is 5.02 Å². The molecule has 0 bridgehead atoms. The van der Waals surface area contributed by atoms with Gasteiger partial charge in [-0.05, 0) is 47.9 Å². The van der Waals surface area contributed by atoms with E-state index in [0.29, 0.717) is 24.7 Å². The molecule has 33 heavy (non-hydrogen) atoms. The lowest BCUT2D eigenvalue weighted by atomic mass is 9.99. The third-order valence-electron chi connectivity index (χ3n) is 5.83. The van der Waals surface area contributed by atoms with E-state index in [0.717, 1.165) is 11.3 Å². The van der Waals surface area contributed by atoms with E-state index in [1.807, 2.05) is 56.4 Å². The highest BCUT2D eigenvalue weighted by Gasteiger charge is 2.34. The number of halogens is 2. The minimum atomic E-state index is -0.479. The quantitative estimate of drug-likeness (QED) is 0.511. The summed E-state index contributed by atoms with van der Waals surface area (Å²) in [6, 6.07) is 16.7. The predicted molar refractivity (Wildman–Crippen MR) is 127 cm³/mol. The van der Waals surface area contributed by atoms with Crippen LogP contribution in [-0.4, -0.2) is 45.8 Å². The van der Waals surface area contributed by atoms with Crippen molar-refractivity contribution in [1.29, 1.82) is 0 Å². The molecule has 0 fully saturated rings. The maximum Gasteiger partial charge on any atom is 0.254 e. The fourth-order valence-electron chi connectivity index (χ4n) is 4.39. The number of carbonyl (C=O) groups is 2. The fourth-order valence-corrected chi connectivity index (χ4v) is 4.63. The van der Waals surface area contributed by atoms with E-state index < -0.39 is 5.82 Å². The first kappa shape index (κ1) is 23.1. The van der Waals surface area contributed by atoms with Gasteiger partial charge in [0.25, 0.3) is 5.91 Å². The van der Waals surface area contributed by atoms with Crippen LogP contribution in [0.1, 0.15) is 41.5 Å². The van der Waals surface area contributed by atoms with Gasteiger partial charge in [-0.2, -0.15) is 0 Å². The lowest BCUT2D eigenvalue weighted by molar-refractivity contribution is -0.134. The molecule has 5 nitrogen and oxygen atoms in total. The molecule has 2 amide bonds. The zero-order chi connectivity index (χ0) is 23.5. The van der Waals surface area contributed by atoms with E-state index >= 15 is 0 Å². The number of hydrogen-bond acceptors (Lipinski definition) is 2. The molecule has 0 saturated carbocycles. The number of fused-ring (bicyclic) bond motifs is 1. The summed E-state index contributed by atoms with van der Waals surface area (Å²) < 4.78 is 15.9. The van der Waals surface area contributed by atoms with Crippen molar-refractivity contribution in [2.24, 2.45) is 5.92 Å². The highest BCUT2D eigenvalue weighted by molar-refractivity contribution is 6.31. The third kappa shape index (κ3) is 4.96. The molecule has 3 aromatic rings. The second kappa shape index (κ2) is 9.79. The topological polar surface area (TPSA) is 45.6 Å². The van der Waals surface area contributed by atoms with Gasteiger partial charge in [0.15, 0.2) is 0 Å². The Hall–Kier alpha value is -3.12. The first-order chi connectivity index (χ1) is 15.8. The number of nitrogens with zero attached hydrogens (tertiary/aromatic N) is 3. The number of benzene rings is 2. The highest BCUT2D eigenvalue weighted by Crippen LogP contribution is 2.36. The van der Waals surface area contributed by atoms with Gasteiger partial charge in [-0.1, -0.05) is 49.7 Å². The molecule has 7 heteroatoms. The molecule has 1 aliphatic rings. The van der Waals surface area contributed by atoms with Crippen molar-refractivity contribution in [1.82, 2.24) is 14.4 Å². The summed E-state index contributed by atoms with van der Waals surface area (Å²) in [5.41, 5.74) is 2.06. The molecule has 1 aliphatic heterocycles. The third-order valence-corrected chi connectivity index (χ3v) is 6.17. The van der Waals surface area contributed by atoms with Gasteiger partial charge >= 0.3 is 0 Å². The predicted octanol–water partition coefficient (Wildman–Crippen LogP) is 5.01. The summed E-state index contributed by atoms with van der Waals surface area (Å²) in [5.74, 6) is -0.857. The normalized spacial score (nSPS) is 15.4. The van der Waals surface area contributed by atoms with Crippen molar-refractivity contribution >= 4 is 23.4 Å². The Labute approximate surface area is 198 Å². The fraction of sp³-hybridized carbons (Fsp3) is 0.308. The summed E-state index contributed by atoms with van der Waals surface area (Å²) in [6.45, 7) is 5.43. The molecular weight excluding hydrogens is 441 g/mol.